The maximum atomic E-state index is 13.9. The molecule has 20 heavy (non-hydrogen) atoms. The molecule has 3 rings (SSSR count). The molecule has 3 nitrogen and oxygen atoms in total. The van der Waals surface area contributed by atoms with E-state index in [1.165, 1.54) is 6.07 Å². The highest BCUT2D eigenvalue weighted by Gasteiger charge is 2.33. The minimum absolute atomic E-state index is 0.0274. The van der Waals surface area contributed by atoms with Gasteiger partial charge in [-0.2, -0.15) is 0 Å². The molecule has 2 heterocycles. The standard InChI is InChI=1S/C15H19F2NO2/c1-15(16,17)11-9-14-13(19-6-7-20-14)8-10(11)12-4-2-3-5-18-12/h8-9,12,18H,2-7H2,1H3. The van der Waals surface area contributed by atoms with E-state index in [-0.39, 0.29) is 11.6 Å². The van der Waals surface area contributed by atoms with Crippen LogP contribution in [0, 0.1) is 0 Å². The summed E-state index contributed by atoms with van der Waals surface area (Å²) in [5.41, 5.74) is 0.683. The third-order valence-corrected chi connectivity index (χ3v) is 3.87. The maximum Gasteiger partial charge on any atom is 0.270 e. The summed E-state index contributed by atoms with van der Waals surface area (Å²) < 4.78 is 38.8. The number of piperidine rings is 1. The molecule has 1 N–H and O–H groups in total. The number of ether oxygens (including phenoxy) is 2. The average molecular weight is 283 g/mol. The molecule has 2 aliphatic heterocycles. The summed E-state index contributed by atoms with van der Waals surface area (Å²) in [6.07, 6.45) is 3.03. The molecule has 0 aromatic heterocycles. The Labute approximate surface area is 117 Å². The molecule has 1 fully saturated rings. The van der Waals surface area contributed by atoms with Gasteiger partial charge in [-0.15, -0.1) is 0 Å². The van der Waals surface area contributed by atoms with E-state index in [0.29, 0.717) is 30.3 Å². The summed E-state index contributed by atoms with van der Waals surface area (Å²) in [5.74, 6) is -1.89. The summed E-state index contributed by atoms with van der Waals surface area (Å²) in [5, 5.41) is 3.32. The molecule has 0 saturated carbocycles. The molecule has 0 radical (unpaired) electrons. The first-order valence-corrected chi connectivity index (χ1v) is 7.11. The minimum Gasteiger partial charge on any atom is -0.486 e. The van der Waals surface area contributed by atoms with E-state index >= 15 is 0 Å². The average Bonchev–Trinajstić information content (AvgIpc) is 2.46. The Kier molecular flexibility index (Phi) is 3.54. The zero-order valence-electron chi connectivity index (χ0n) is 11.5. The van der Waals surface area contributed by atoms with E-state index in [1.807, 2.05) is 0 Å². The largest absolute Gasteiger partial charge is 0.486 e. The van der Waals surface area contributed by atoms with E-state index in [0.717, 1.165) is 32.7 Å². The van der Waals surface area contributed by atoms with E-state index in [4.69, 9.17) is 9.47 Å². The molecule has 1 aromatic carbocycles. The Morgan fingerprint density at radius 1 is 1.15 bits per heavy atom. The van der Waals surface area contributed by atoms with Gasteiger partial charge in [-0.05, 0) is 37.1 Å². The van der Waals surface area contributed by atoms with E-state index in [2.05, 4.69) is 5.32 Å². The molecule has 0 amide bonds. The van der Waals surface area contributed by atoms with Gasteiger partial charge >= 0.3 is 0 Å². The molecule has 5 heteroatoms. The molecular weight excluding hydrogens is 264 g/mol. The van der Waals surface area contributed by atoms with Crippen molar-refractivity contribution < 1.29 is 18.3 Å². The molecular formula is C15H19F2NO2. The highest BCUT2D eigenvalue weighted by molar-refractivity contribution is 5.50. The molecule has 1 aromatic rings. The fourth-order valence-corrected chi connectivity index (χ4v) is 2.89. The second-order valence-electron chi connectivity index (χ2n) is 5.47. The number of hydrogen-bond donors (Lipinski definition) is 1. The second kappa shape index (κ2) is 5.20. The maximum absolute atomic E-state index is 13.9. The smallest absolute Gasteiger partial charge is 0.270 e. The van der Waals surface area contributed by atoms with Gasteiger partial charge in [0, 0.05) is 18.5 Å². The van der Waals surface area contributed by atoms with Gasteiger partial charge in [0.2, 0.25) is 0 Å². The summed E-state index contributed by atoms with van der Waals surface area (Å²) in [6, 6.07) is 3.14. The van der Waals surface area contributed by atoms with Gasteiger partial charge in [0.1, 0.15) is 13.2 Å². The van der Waals surface area contributed by atoms with Gasteiger partial charge in [0.15, 0.2) is 11.5 Å². The number of benzene rings is 1. The SMILES string of the molecule is CC(F)(F)c1cc2c(cc1C1CCCCN1)OCCO2. The Morgan fingerprint density at radius 2 is 1.85 bits per heavy atom. The van der Waals surface area contributed by atoms with Gasteiger partial charge in [-0.25, -0.2) is 8.78 Å². The van der Waals surface area contributed by atoms with Crippen molar-refractivity contribution in [1.29, 1.82) is 0 Å². The first-order chi connectivity index (χ1) is 9.55. The molecule has 2 aliphatic rings. The number of alkyl halides is 2. The van der Waals surface area contributed by atoms with Crippen LogP contribution in [-0.2, 0) is 5.92 Å². The Morgan fingerprint density at radius 3 is 2.45 bits per heavy atom. The molecule has 0 aliphatic carbocycles. The lowest BCUT2D eigenvalue weighted by atomic mass is 9.90. The summed E-state index contributed by atoms with van der Waals surface area (Å²) in [7, 11) is 0. The Bertz CT molecular complexity index is 493. The molecule has 1 unspecified atom stereocenters. The summed E-state index contributed by atoms with van der Waals surface area (Å²) >= 11 is 0. The lowest BCUT2D eigenvalue weighted by Crippen LogP contribution is -2.29. The van der Waals surface area contributed by atoms with Crippen LogP contribution in [0.15, 0.2) is 12.1 Å². The van der Waals surface area contributed by atoms with Crippen molar-refractivity contribution in [2.24, 2.45) is 0 Å². The molecule has 1 atom stereocenters. The van der Waals surface area contributed by atoms with Crippen LogP contribution >= 0.6 is 0 Å². The van der Waals surface area contributed by atoms with Gasteiger partial charge in [0.05, 0.1) is 0 Å². The van der Waals surface area contributed by atoms with Crippen molar-refractivity contribution in [1.82, 2.24) is 5.32 Å². The number of halogens is 2. The lowest BCUT2D eigenvalue weighted by molar-refractivity contribution is 0.0152. The molecule has 110 valence electrons. The van der Waals surface area contributed by atoms with Gasteiger partial charge in [0.25, 0.3) is 5.92 Å². The van der Waals surface area contributed by atoms with Crippen LogP contribution in [0.2, 0.25) is 0 Å². The zero-order valence-corrected chi connectivity index (χ0v) is 11.5. The monoisotopic (exact) mass is 283 g/mol. The van der Waals surface area contributed by atoms with Crippen LogP contribution in [0.3, 0.4) is 0 Å². The topological polar surface area (TPSA) is 30.5 Å². The Hall–Kier alpha value is -1.36. The van der Waals surface area contributed by atoms with Crippen molar-refractivity contribution in [2.45, 2.75) is 38.2 Å². The lowest BCUT2D eigenvalue weighted by Gasteiger charge is -2.29. The van der Waals surface area contributed by atoms with Crippen LogP contribution in [0.5, 0.6) is 11.5 Å². The number of nitrogens with one attached hydrogen (secondary N) is 1. The van der Waals surface area contributed by atoms with Crippen molar-refractivity contribution in [3.63, 3.8) is 0 Å². The first kappa shape index (κ1) is 13.6. The number of rotatable bonds is 2. The third-order valence-electron chi connectivity index (χ3n) is 3.87. The van der Waals surface area contributed by atoms with Crippen LogP contribution in [0.1, 0.15) is 43.4 Å². The van der Waals surface area contributed by atoms with Crippen LogP contribution in [-0.4, -0.2) is 19.8 Å². The number of hydrogen-bond acceptors (Lipinski definition) is 3. The highest BCUT2D eigenvalue weighted by atomic mass is 19.3. The third kappa shape index (κ3) is 2.59. The van der Waals surface area contributed by atoms with Gasteiger partial charge in [-0.1, -0.05) is 6.42 Å². The minimum atomic E-state index is -2.88. The highest BCUT2D eigenvalue weighted by Crippen LogP contribution is 2.42. The van der Waals surface area contributed by atoms with Gasteiger partial charge in [-0.3, -0.25) is 0 Å². The fourth-order valence-electron chi connectivity index (χ4n) is 2.89. The molecule has 0 spiro atoms. The summed E-state index contributed by atoms with van der Waals surface area (Å²) in [6.45, 7) is 2.67. The van der Waals surface area contributed by atoms with Crippen molar-refractivity contribution in [2.75, 3.05) is 19.8 Å². The Balaban J connectivity index is 2.05. The quantitative estimate of drug-likeness (QED) is 0.902. The van der Waals surface area contributed by atoms with E-state index in [1.54, 1.807) is 6.07 Å². The van der Waals surface area contributed by atoms with Crippen LogP contribution in [0.25, 0.3) is 0 Å². The van der Waals surface area contributed by atoms with Crippen molar-refractivity contribution >= 4 is 0 Å². The van der Waals surface area contributed by atoms with Crippen LogP contribution in [0.4, 0.5) is 8.78 Å². The zero-order chi connectivity index (χ0) is 14.2. The number of fused-ring (bicyclic) bond motifs is 1. The fraction of sp³-hybridized carbons (Fsp3) is 0.600. The predicted octanol–water partition coefficient (Wildman–Crippen LogP) is 3.38. The van der Waals surface area contributed by atoms with Crippen molar-refractivity contribution in [3.05, 3.63) is 23.3 Å². The van der Waals surface area contributed by atoms with E-state index < -0.39 is 5.92 Å². The predicted molar refractivity (Wildman–Crippen MR) is 71.6 cm³/mol. The van der Waals surface area contributed by atoms with Gasteiger partial charge < -0.3 is 14.8 Å². The molecule has 0 bridgehead atoms. The summed E-state index contributed by atoms with van der Waals surface area (Å²) in [4.78, 5) is 0. The van der Waals surface area contributed by atoms with Crippen LogP contribution < -0.4 is 14.8 Å². The second-order valence-corrected chi connectivity index (χ2v) is 5.47. The normalized spacial score (nSPS) is 22.6. The first-order valence-electron chi connectivity index (χ1n) is 7.11. The molecule has 1 saturated heterocycles. The van der Waals surface area contributed by atoms with E-state index in [9.17, 15) is 8.78 Å². The van der Waals surface area contributed by atoms with Crippen molar-refractivity contribution in [3.8, 4) is 11.5 Å².